The normalized spacial score (nSPS) is 23.7. The third-order valence-corrected chi connectivity index (χ3v) is 3.73. The number of hydrogen-bond donors (Lipinski definition) is 1. The SMILES string of the molecule is CC(C)(C)CN1CCC(=O)NC(C)(c2ccccc2)C1=O. The maximum atomic E-state index is 13.0. The predicted molar refractivity (Wildman–Crippen MR) is 82.6 cm³/mol. The van der Waals surface area contributed by atoms with Gasteiger partial charge in [0.1, 0.15) is 5.54 Å². The molecule has 1 aromatic rings. The maximum Gasteiger partial charge on any atom is 0.252 e. The first kappa shape index (κ1) is 15.5. The Bertz CT molecular complexity index is 533. The summed E-state index contributed by atoms with van der Waals surface area (Å²) in [5, 5.41) is 2.91. The molecular weight excluding hydrogens is 264 g/mol. The van der Waals surface area contributed by atoms with E-state index in [0.717, 1.165) is 5.56 Å². The summed E-state index contributed by atoms with van der Waals surface area (Å²) in [6.45, 7) is 9.21. The minimum Gasteiger partial charge on any atom is -0.339 e. The fraction of sp³-hybridized carbons (Fsp3) is 0.529. The van der Waals surface area contributed by atoms with Crippen molar-refractivity contribution in [3.63, 3.8) is 0 Å². The lowest BCUT2D eigenvalue weighted by Gasteiger charge is -2.35. The number of rotatable bonds is 2. The topological polar surface area (TPSA) is 49.4 Å². The van der Waals surface area contributed by atoms with Gasteiger partial charge in [0, 0.05) is 19.5 Å². The van der Waals surface area contributed by atoms with E-state index >= 15 is 0 Å². The summed E-state index contributed by atoms with van der Waals surface area (Å²) < 4.78 is 0. The maximum absolute atomic E-state index is 13.0. The zero-order valence-corrected chi connectivity index (χ0v) is 13.3. The van der Waals surface area contributed by atoms with Crippen LogP contribution in [0, 0.1) is 5.41 Å². The Kier molecular flexibility index (Phi) is 4.08. The molecule has 2 amide bonds. The Hall–Kier alpha value is -1.84. The highest BCUT2D eigenvalue weighted by Crippen LogP contribution is 2.28. The summed E-state index contributed by atoms with van der Waals surface area (Å²) in [5.74, 6) is -0.111. The first-order valence-electron chi connectivity index (χ1n) is 7.38. The number of nitrogens with one attached hydrogen (secondary N) is 1. The van der Waals surface area contributed by atoms with Crippen LogP contribution in [0.5, 0.6) is 0 Å². The molecule has 0 bridgehead atoms. The van der Waals surface area contributed by atoms with Gasteiger partial charge >= 0.3 is 0 Å². The first-order valence-corrected chi connectivity index (χ1v) is 7.38. The number of nitrogens with zero attached hydrogens (tertiary/aromatic N) is 1. The van der Waals surface area contributed by atoms with Gasteiger partial charge in [0.2, 0.25) is 5.91 Å². The Labute approximate surface area is 126 Å². The molecule has 0 saturated carbocycles. The summed E-state index contributed by atoms with van der Waals surface area (Å²) in [4.78, 5) is 26.9. The van der Waals surface area contributed by atoms with Gasteiger partial charge in [-0.2, -0.15) is 0 Å². The van der Waals surface area contributed by atoms with Gasteiger partial charge in [-0.1, -0.05) is 51.1 Å². The van der Waals surface area contributed by atoms with Crippen molar-refractivity contribution < 1.29 is 9.59 Å². The molecule has 1 aromatic carbocycles. The fourth-order valence-electron chi connectivity index (χ4n) is 2.74. The van der Waals surface area contributed by atoms with Crippen molar-refractivity contribution in [2.45, 2.75) is 39.7 Å². The number of carbonyl (C=O) groups excluding carboxylic acids is 2. The summed E-state index contributed by atoms with van der Waals surface area (Å²) in [6, 6.07) is 9.46. The smallest absolute Gasteiger partial charge is 0.252 e. The fourth-order valence-corrected chi connectivity index (χ4v) is 2.74. The van der Waals surface area contributed by atoms with Crippen molar-refractivity contribution in [3.05, 3.63) is 35.9 Å². The van der Waals surface area contributed by atoms with Gasteiger partial charge in [0.15, 0.2) is 0 Å². The van der Waals surface area contributed by atoms with Crippen LogP contribution < -0.4 is 5.32 Å². The van der Waals surface area contributed by atoms with Crippen LogP contribution in [0.4, 0.5) is 0 Å². The molecule has 1 saturated heterocycles. The van der Waals surface area contributed by atoms with Crippen LogP contribution in [0.1, 0.15) is 39.7 Å². The number of carbonyl (C=O) groups is 2. The van der Waals surface area contributed by atoms with E-state index in [1.54, 1.807) is 6.92 Å². The molecule has 0 spiro atoms. The van der Waals surface area contributed by atoms with Crippen molar-refractivity contribution in [1.29, 1.82) is 0 Å². The average molecular weight is 288 g/mol. The summed E-state index contributed by atoms with van der Waals surface area (Å²) >= 11 is 0. The standard InChI is InChI=1S/C17H24N2O2/c1-16(2,3)12-19-11-10-14(20)18-17(4,15(19)21)13-8-6-5-7-9-13/h5-9H,10-12H2,1-4H3,(H,18,20). The van der Waals surface area contributed by atoms with Crippen molar-refractivity contribution in [2.75, 3.05) is 13.1 Å². The van der Waals surface area contributed by atoms with Gasteiger partial charge in [-0.25, -0.2) is 0 Å². The lowest BCUT2D eigenvalue weighted by atomic mass is 9.89. The minimum absolute atomic E-state index is 0.000640. The van der Waals surface area contributed by atoms with E-state index < -0.39 is 5.54 Å². The number of hydrogen-bond acceptors (Lipinski definition) is 2. The van der Waals surface area contributed by atoms with Gasteiger partial charge in [-0.3, -0.25) is 9.59 Å². The second kappa shape index (κ2) is 5.51. The Morgan fingerprint density at radius 2 is 1.81 bits per heavy atom. The summed E-state index contributed by atoms with van der Waals surface area (Å²) in [6.07, 6.45) is 0.351. The second-order valence-electron chi connectivity index (χ2n) is 7.08. The second-order valence-corrected chi connectivity index (χ2v) is 7.08. The van der Waals surface area contributed by atoms with E-state index in [0.29, 0.717) is 19.5 Å². The van der Waals surface area contributed by atoms with Gasteiger partial charge in [0.05, 0.1) is 0 Å². The van der Waals surface area contributed by atoms with Crippen LogP contribution in [0.2, 0.25) is 0 Å². The van der Waals surface area contributed by atoms with E-state index in [4.69, 9.17) is 0 Å². The molecule has 114 valence electrons. The molecule has 0 aromatic heterocycles. The molecule has 1 aliphatic rings. The van der Waals surface area contributed by atoms with Crippen molar-refractivity contribution in [2.24, 2.45) is 5.41 Å². The molecule has 4 heteroatoms. The molecule has 1 N–H and O–H groups in total. The first-order chi connectivity index (χ1) is 9.72. The van der Waals surface area contributed by atoms with E-state index in [-0.39, 0.29) is 17.2 Å². The molecule has 2 rings (SSSR count). The highest BCUT2D eigenvalue weighted by Gasteiger charge is 2.42. The highest BCUT2D eigenvalue weighted by atomic mass is 16.2. The van der Waals surface area contributed by atoms with E-state index in [1.807, 2.05) is 35.2 Å². The molecular formula is C17H24N2O2. The molecule has 4 nitrogen and oxygen atoms in total. The zero-order chi connectivity index (χ0) is 15.7. The molecule has 0 radical (unpaired) electrons. The van der Waals surface area contributed by atoms with E-state index in [1.165, 1.54) is 0 Å². The van der Waals surface area contributed by atoms with Crippen LogP contribution in [-0.4, -0.2) is 29.8 Å². The van der Waals surface area contributed by atoms with E-state index in [2.05, 4.69) is 26.1 Å². The Balaban J connectivity index is 2.38. The van der Waals surface area contributed by atoms with Crippen LogP contribution in [-0.2, 0) is 15.1 Å². The third kappa shape index (κ3) is 3.43. The number of benzene rings is 1. The predicted octanol–water partition coefficient (Wildman–Crippen LogP) is 2.30. The van der Waals surface area contributed by atoms with Crippen molar-refractivity contribution in [3.8, 4) is 0 Å². The van der Waals surface area contributed by atoms with Crippen LogP contribution in [0.15, 0.2) is 30.3 Å². The molecule has 1 aliphatic heterocycles. The molecule has 1 atom stereocenters. The monoisotopic (exact) mass is 288 g/mol. The largest absolute Gasteiger partial charge is 0.339 e. The lowest BCUT2D eigenvalue weighted by molar-refractivity contribution is -0.139. The average Bonchev–Trinajstić information content (AvgIpc) is 2.51. The van der Waals surface area contributed by atoms with Gasteiger partial charge in [-0.05, 0) is 17.9 Å². The van der Waals surface area contributed by atoms with Crippen LogP contribution >= 0.6 is 0 Å². The highest BCUT2D eigenvalue weighted by molar-refractivity contribution is 5.94. The molecule has 0 aliphatic carbocycles. The Morgan fingerprint density at radius 1 is 1.19 bits per heavy atom. The summed E-state index contributed by atoms with van der Waals surface area (Å²) in [5.41, 5.74) is -0.162. The van der Waals surface area contributed by atoms with Gasteiger partial charge in [-0.15, -0.1) is 0 Å². The summed E-state index contributed by atoms with van der Waals surface area (Å²) in [7, 11) is 0. The van der Waals surface area contributed by atoms with Crippen molar-refractivity contribution in [1.82, 2.24) is 10.2 Å². The molecule has 1 unspecified atom stereocenters. The number of amides is 2. The van der Waals surface area contributed by atoms with Crippen molar-refractivity contribution >= 4 is 11.8 Å². The van der Waals surface area contributed by atoms with Gasteiger partial charge in [0.25, 0.3) is 5.91 Å². The van der Waals surface area contributed by atoms with Crippen LogP contribution in [0.25, 0.3) is 0 Å². The molecule has 1 heterocycles. The third-order valence-electron chi connectivity index (χ3n) is 3.73. The quantitative estimate of drug-likeness (QED) is 0.908. The van der Waals surface area contributed by atoms with Crippen LogP contribution in [0.3, 0.4) is 0 Å². The molecule has 21 heavy (non-hydrogen) atoms. The Morgan fingerprint density at radius 3 is 2.38 bits per heavy atom. The molecule has 1 fully saturated rings. The van der Waals surface area contributed by atoms with Gasteiger partial charge < -0.3 is 10.2 Å². The lowest BCUT2D eigenvalue weighted by Crippen LogP contribution is -2.53. The minimum atomic E-state index is -0.986. The zero-order valence-electron chi connectivity index (χ0n) is 13.3. The van der Waals surface area contributed by atoms with E-state index in [9.17, 15) is 9.59 Å².